The summed E-state index contributed by atoms with van der Waals surface area (Å²) in [6.45, 7) is 5.65. The lowest BCUT2D eigenvalue weighted by atomic mass is 10.1. The van der Waals surface area contributed by atoms with Gasteiger partial charge in [0, 0.05) is 12.1 Å². The normalized spacial score (nSPS) is 11.3. The summed E-state index contributed by atoms with van der Waals surface area (Å²) in [7, 11) is 0. The molecule has 0 fully saturated rings. The van der Waals surface area contributed by atoms with Gasteiger partial charge in [-0.05, 0) is 44.0 Å². The lowest BCUT2D eigenvalue weighted by Gasteiger charge is -2.22. The number of hydrogen-bond donors (Lipinski definition) is 0. The number of rotatable bonds is 3. The Hall–Kier alpha value is -2.81. The quantitative estimate of drug-likeness (QED) is 0.631. The monoisotopic (exact) mass is 333 g/mol. The van der Waals surface area contributed by atoms with E-state index in [0.29, 0.717) is 6.42 Å². The first kappa shape index (κ1) is 17.0. The highest BCUT2D eigenvalue weighted by atomic mass is 16.6. The molecule has 25 heavy (non-hydrogen) atoms. The molecule has 0 aliphatic rings. The van der Waals surface area contributed by atoms with Crippen LogP contribution in [0.25, 0.3) is 11.3 Å². The molecule has 1 aromatic heterocycles. The smallest absolute Gasteiger partial charge is 0.419 e. The summed E-state index contributed by atoms with van der Waals surface area (Å²) in [5.74, 6) is 0. The van der Waals surface area contributed by atoms with Gasteiger partial charge in [0.25, 0.3) is 0 Å². The van der Waals surface area contributed by atoms with Crippen LogP contribution >= 0.6 is 0 Å². The number of hydrogen-bond acceptors (Lipinski definition) is 2. The number of benzene rings is 2. The highest BCUT2D eigenvalue weighted by molar-refractivity contribution is 5.80. The first-order chi connectivity index (χ1) is 11.9. The highest BCUT2D eigenvalue weighted by Gasteiger charge is 2.22. The van der Waals surface area contributed by atoms with Crippen molar-refractivity contribution in [3.63, 3.8) is 0 Å². The number of ether oxygens (including phenoxy) is 1. The van der Waals surface area contributed by atoms with Crippen molar-refractivity contribution >= 4 is 6.09 Å². The molecule has 3 aromatic rings. The van der Waals surface area contributed by atoms with Gasteiger partial charge in [-0.1, -0.05) is 60.7 Å². The molecule has 3 rings (SSSR count). The molecule has 0 saturated heterocycles. The fourth-order valence-corrected chi connectivity index (χ4v) is 2.78. The first-order valence-corrected chi connectivity index (χ1v) is 8.47. The van der Waals surface area contributed by atoms with Crippen LogP contribution in [0.4, 0.5) is 4.79 Å². The van der Waals surface area contributed by atoms with Gasteiger partial charge >= 0.3 is 6.09 Å². The molecule has 1 heterocycles. The van der Waals surface area contributed by atoms with Gasteiger partial charge < -0.3 is 4.74 Å². The largest absolute Gasteiger partial charge is 0.443 e. The molecule has 0 saturated carbocycles. The second-order valence-corrected chi connectivity index (χ2v) is 7.05. The number of aromatic nitrogens is 1. The minimum absolute atomic E-state index is 0.345. The van der Waals surface area contributed by atoms with Crippen molar-refractivity contribution in [2.75, 3.05) is 0 Å². The average Bonchev–Trinajstić information content (AvgIpc) is 2.99. The summed E-state index contributed by atoms with van der Waals surface area (Å²) >= 11 is 0. The standard InChI is InChI=1S/C22H23NO2/c1-22(2,3)25-21(24)23-19(16-17-10-6-4-7-11-17)14-15-20(23)18-12-8-5-9-13-18/h4-15H,16H2,1-3H3. The Labute approximate surface area is 148 Å². The SMILES string of the molecule is CC(C)(C)OC(=O)n1c(Cc2ccccc2)ccc1-c1ccccc1. The van der Waals surface area contributed by atoms with Crippen LogP contribution in [0.3, 0.4) is 0 Å². The van der Waals surface area contributed by atoms with Crippen molar-refractivity contribution in [3.05, 3.63) is 84.1 Å². The van der Waals surface area contributed by atoms with Gasteiger partial charge in [0.2, 0.25) is 0 Å². The summed E-state index contributed by atoms with van der Waals surface area (Å²) in [5, 5.41) is 0. The van der Waals surface area contributed by atoms with E-state index >= 15 is 0 Å². The number of nitrogens with zero attached hydrogens (tertiary/aromatic N) is 1. The zero-order chi connectivity index (χ0) is 17.9. The van der Waals surface area contributed by atoms with Gasteiger partial charge in [-0.15, -0.1) is 0 Å². The first-order valence-electron chi connectivity index (χ1n) is 8.47. The van der Waals surface area contributed by atoms with Crippen molar-refractivity contribution in [2.24, 2.45) is 0 Å². The molecule has 3 heteroatoms. The molecule has 128 valence electrons. The van der Waals surface area contributed by atoms with Gasteiger partial charge in [0.05, 0.1) is 5.69 Å². The molecule has 0 radical (unpaired) electrons. The fourth-order valence-electron chi connectivity index (χ4n) is 2.78. The number of carbonyl (C=O) groups is 1. The Balaban J connectivity index is 2.03. The van der Waals surface area contributed by atoms with Crippen LogP contribution in [-0.2, 0) is 11.2 Å². The van der Waals surface area contributed by atoms with Crippen molar-refractivity contribution in [2.45, 2.75) is 32.8 Å². The molecule has 0 amide bonds. The van der Waals surface area contributed by atoms with Crippen LogP contribution in [0.1, 0.15) is 32.0 Å². The Morgan fingerprint density at radius 1 is 0.880 bits per heavy atom. The average molecular weight is 333 g/mol. The maximum atomic E-state index is 12.9. The zero-order valence-corrected chi connectivity index (χ0v) is 14.9. The molecular weight excluding hydrogens is 310 g/mol. The zero-order valence-electron chi connectivity index (χ0n) is 14.9. The van der Waals surface area contributed by atoms with E-state index in [9.17, 15) is 4.79 Å². The van der Waals surface area contributed by atoms with E-state index in [1.807, 2.05) is 81.4 Å². The summed E-state index contributed by atoms with van der Waals surface area (Å²) in [6.07, 6.45) is 0.328. The van der Waals surface area contributed by atoms with E-state index in [1.54, 1.807) is 4.57 Å². The minimum atomic E-state index is -0.542. The van der Waals surface area contributed by atoms with E-state index < -0.39 is 5.60 Å². The highest BCUT2D eigenvalue weighted by Crippen LogP contribution is 2.25. The molecule has 3 nitrogen and oxygen atoms in total. The Bertz CT molecular complexity index is 843. The molecule has 0 spiro atoms. The molecule has 0 atom stereocenters. The Kier molecular flexibility index (Phi) is 4.75. The Morgan fingerprint density at radius 2 is 1.48 bits per heavy atom. The summed E-state index contributed by atoms with van der Waals surface area (Å²) in [6, 6.07) is 24.0. The van der Waals surface area contributed by atoms with Crippen molar-refractivity contribution in [1.82, 2.24) is 4.57 Å². The van der Waals surface area contributed by atoms with Crippen molar-refractivity contribution in [1.29, 1.82) is 0 Å². The van der Waals surface area contributed by atoms with Gasteiger partial charge in [0.1, 0.15) is 5.60 Å². The maximum absolute atomic E-state index is 12.9. The van der Waals surface area contributed by atoms with Crippen LogP contribution in [0, 0.1) is 0 Å². The minimum Gasteiger partial charge on any atom is -0.443 e. The molecule has 2 aromatic carbocycles. The Morgan fingerprint density at radius 3 is 2.08 bits per heavy atom. The summed E-state index contributed by atoms with van der Waals surface area (Å²) < 4.78 is 7.33. The van der Waals surface area contributed by atoms with Crippen LogP contribution < -0.4 is 0 Å². The third-order valence-corrected chi connectivity index (χ3v) is 3.84. The molecule has 0 aliphatic heterocycles. The molecule has 0 unspecified atom stereocenters. The predicted octanol–water partition coefficient (Wildman–Crippen LogP) is 5.53. The summed E-state index contributed by atoms with van der Waals surface area (Å²) in [4.78, 5) is 12.9. The fraction of sp³-hybridized carbons (Fsp3) is 0.227. The van der Waals surface area contributed by atoms with E-state index in [-0.39, 0.29) is 6.09 Å². The summed E-state index contributed by atoms with van der Waals surface area (Å²) in [5.41, 5.74) is 3.37. The van der Waals surface area contributed by atoms with E-state index in [4.69, 9.17) is 4.74 Å². The third kappa shape index (κ3) is 4.18. The lowest BCUT2D eigenvalue weighted by Crippen LogP contribution is -2.28. The van der Waals surface area contributed by atoms with Gasteiger partial charge in [-0.25, -0.2) is 9.36 Å². The van der Waals surface area contributed by atoms with Gasteiger partial charge in [-0.3, -0.25) is 0 Å². The van der Waals surface area contributed by atoms with E-state index in [1.165, 1.54) is 0 Å². The van der Waals surface area contributed by atoms with Crippen LogP contribution in [0.15, 0.2) is 72.8 Å². The van der Waals surface area contributed by atoms with Crippen LogP contribution in [0.2, 0.25) is 0 Å². The molecule has 0 bridgehead atoms. The van der Waals surface area contributed by atoms with Crippen molar-refractivity contribution in [3.8, 4) is 11.3 Å². The van der Waals surface area contributed by atoms with Gasteiger partial charge in [0.15, 0.2) is 0 Å². The second-order valence-electron chi connectivity index (χ2n) is 7.05. The van der Waals surface area contributed by atoms with Crippen molar-refractivity contribution < 1.29 is 9.53 Å². The molecule has 0 aliphatic carbocycles. The topological polar surface area (TPSA) is 31.2 Å². The van der Waals surface area contributed by atoms with Crippen LogP contribution in [-0.4, -0.2) is 16.3 Å². The molecular formula is C22H23NO2. The van der Waals surface area contributed by atoms with Gasteiger partial charge in [-0.2, -0.15) is 0 Å². The lowest BCUT2D eigenvalue weighted by molar-refractivity contribution is 0.0536. The number of carbonyl (C=O) groups excluding carboxylic acids is 1. The molecule has 0 N–H and O–H groups in total. The van der Waals surface area contributed by atoms with Crippen LogP contribution in [0.5, 0.6) is 0 Å². The second kappa shape index (κ2) is 6.98. The van der Waals surface area contributed by atoms with E-state index in [2.05, 4.69) is 12.1 Å². The third-order valence-electron chi connectivity index (χ3n) is 3.84. The maximum Gasteiger partial charge on any atom is 0.419 e. The van der Waals surface area contributed by atoms with E-state index in [0.717, 1.165) is 22.5 Å². The predicted molar refractivity (Wildman–Crippen MR) is 101 cm³/mol.